The Balaban J connectivity index is 3.45. The second-order valence-corrected chi connectivity index (χ2v) is 12.3. The van der Waals surface area contributed by atoms with Gasteiger partial charge < -0.3 is 0 Å². The zero-order valence-corrected chi connectivity index (χ0v) is 18.2. The van der Waals surface area contributed by atoms with Crippen LogP contribution in [0.15, 0.2) is 20.6 Å². The molecule has 1 rings (SSSR count). The molecule has 1 atom stereocenters. The molecule has 0 aromatic carbocycles. The summed E-state index contributed by atoms with van der Waals surface area (Å²) in [7, 11) is 4.40. The second-order valence-electron chi connectivity index (χ2n) is 8.35. The van der Waals surface area contributed by atoms with E-state index in [1.165, 1.54) is 13.0 Å². The van der Waals surface area contributed by atoms with Crippen LogP contribution in [-0.4, -0.2) is 25.5 Å². The second kappa shape index (κ2) is 8.31. The SMILES string of the molecule is CC(C)C1=C(CCN(C)C)C(C(C)C)[C]([Ti]([CH3])[CH3])=C1C(C)C. The molecule has 0 saturated carbocycles. The van der Waals surface area contributed by atoms with Gasteiger partial charge in [0.15, 0.2) is 0 Å². The molecule has 1 aliphatic carbocycles. The van der Waals surface area contributed by atoms with E-state index in [-0.39, 0.29) is 0 Å². The van der Waals surface area contributed by atoms with Crippen LogP contribution in [0.1, 0.15) is 48.0 Å². The van der Waals surface area contributed by atoms with Gasteiger partial charge in [-0.2, -0.15) is 0 Å². The minimum atomic E-state index is -1.08. The summed E-state index contributed by atoms with van der Waals surface area (Å²) >= 11 is -1.08. The van der Waals surface area contributed by atoms with E-state index in [9.17, 15) is 0 Å². The van der Waals surface area contributed by atoms with E-state index in [1.807, 2.05) is 3.88 Å². The first kappa shape index (κ1) is 20.2. The summed E-state index contributed by atoms with van der Waals surface area (Å²) in [5, 5.41) is 5.11. The van der Waals surface area contributed by atoms with Crippen LogP contribution >= 0.6 is 0 Å². The first-order chi connectivity index (χ1) is 10.1. The Morgan fingerprint density at radius 2 is 1.41 bits per heavy atom. The Bertz CT molecular complexity index is 439. The number of nitrogens with zero attached hydrogens (tertiary/aromatic N) is 1. The van der Waals surface area contributed by atoms with Crippen molar-refractivity contribution in [3.05, 3.63) is 20.6 Å². The fourth-order valence-corrected chi connectivity index (χ4v) is 7.35. The summed E-state index contributed by atoms with van der Waals surface area (Å²) in [5.74, 6) is 2.80. The van der Waals surface area contributed by atoms with E-state index in [2.05, 4.69) is 71.0 Å². The molecule has 127 valence electrons. The normalized spacial score (nSPS) is 19.6. The van der Waals surface area contributed by atoms with Gasteiger partial charge in [0, 0.05) is 0 Å². The van der Waals surface area contributed by atoms with Crippen LogP contribution in [0.3, 0.4) is 0 Å². The first-order valence-electron chi connectivity index (χ1n) is 9.02. The van der Waals surface area contributed by atoms with Gasteiger partial charge in [0.25, 0.3) is 0 Å². The van der Waals surface area contributed by atoms with Crippen LogP contribution in [0.5, 0.6) is 0 Å². The Labute approximate surface area is 146 Å². The predicted molar refractivity (Wildman–Crippen MR) is 97.0 cm³/mol. The van der Waals surface area contributed by atoms with E-state index >= 15 is 0 Å². The van der Waals surface area contributed by atoms with Gasteiger partial charge in [0.05, 0.1) is 0 Å². The van der Waals surface area contributed by atoms with E-state index in [1.54, 1.807) is 16.7 Å². The van der Waals surface area contributed by atoms with Crippen LogP contribution in [-0.2, 0) is 17.9 Å². The van der Waals surface area contributed by atoms with Crippen molar-refractivity contribution >= 4 is 0 Å². The molecule has 0 fully saturated rings. The Hall–Kier alpha value is 0.154. The van der Waals surface area contributed by atoms with Crippen LogP contribution < -0.4 is 0 Å². The van der Waals surface area contributed by atoms with Gasteiger partial charge in [-0.3, -0.25) is 0 Å². The third kappa shape index (κ3) is 4.37. The summed E-state index contributed by atoms with van der Waals surface area (Å²) in [6, 6.07) is 0. The molecule has 0 heterocycles. The molecular formula is C20H38NTi. The molecule has 0 aromatic rings. The van der Waals surface area contributed by atoms with E-state index in [0.717, 1.165) is 11.8 Å². The van der Waals surface area contributed by atoms with E-state index in [4.69, 9.17) is 0 Å². The van der Waals surface area contributed by atoms with Crippen molar-refractivity contribution in [2.75, 3.05) is 20.6 Å². The van der Waals surface area contributed by atoms with Crippen LogP contribution in [0.2, 0.25) is 10.5 Å². The maximum absolute atomic E-state index is 2.56. The van der Waals surface area contributed by atoms with Gasteiger partial charge in [-0.25, -0.2) is 0 Å². The Morgan fingerprint density at radius 3 is 1.73 bits per heavy atom. The maximum atomic E-state index is 2.56. The molecule has 0 aliphatic heterocycles. The fourth-order valence-electron chi connectivity index (χ4n) is 4.08. The van der Waals surface area contributed by atoms with Gasteiger partial charge in [-0.1, -0.05) is 0 Å². The molecule has 1 unspecified atom stereocenters. The van der Waals surface area contributed by atoms with Crippen molar-refractivity contribution in [1.29, 1.82) is 0 Å². The average Bonchev–Trinajstić information content (AvgIpc) is 2.71. The molecular weight excluding hydrogens is 302 g/mol. The zero-order valence-electron chi connectivity index (χ0n) is 16.7. The third-order valence-electron chi connectivity index (χ3n) is 4.80. The molecule has 1 aliphatic rings. The van der Waals surface area contributed by atoms with Gasteiger partial charge in [-0.05, 0) is 0 Å². The summed E-state index contributed by atoms with van der Waals surface area (Å²) in [5.41, 5.74) is 5.29. The molecule has 1 nitrogen and oxygen atoms in total. The monoisotopic (exact) mass is 340 g/mol. The summed E-state index contributed by atoms with van der Waals surface area (Å²) in [4.78, 5) is 2.34. The van der Waals surface area contributed by atoms with Crippen molar-refractivity contribution in [1.82, 2.24) is 4.90 Å². The van der Waals surface area contributed by atoms with E-state index < -0.39 is 17.9 Å². The summed E-state index contributed by atoms with van der Waals surface area (Å²) in [6.45, 7) is 15.7. The third-order valence-corrected chi connectivity index (χ3v) is 7.39. The van der Waals surface area contributed by atoms with Crippen LogP contribution in [0.25, 0.3) is 0 Å². The molecule has 0 bridgehead atoms. The van der Waals surface area contributed by atoms with Crippen LogP contribution in [0, 0.1) is 23.7 Å². The molecule has 0 amide bonds. The molecule has 0 N–H and O–H groups in total. The first-order valence-corrected chi connectivity index (χ1v) is 12.9. The molecule has 0 radical (unpaired) electrons. The van der Waals surface area contributed by atoms with Crippen molar-refractivity contribution < 1.29 is 17.9 Å². The molecule has 0 saturated heterocycles. The Kier molecular flexibility index (Phi) is 7.63. The minimum absolute atomic E-state index is 0.658. The fraction of sp³-hybridized carbons (Fsp3) is 0.800. The van der Waals surface area contributed by atoms with Gasteiger partial charge in [0.1, 0.15) is 0 Å². The molecule has 0 spiro atoms. The summed E-state index contributed by atoms with van der Waals surface area (Å²) < 4.78 is 1.91. The average molecular weight is 340 g/mol. The van der Waals surface area contributed by atoms with Crippen molar-refractivity contribution in [2.45, 2.75) is 58.4 Å². The predicted octanol–water partition coefficient (Wildman–Crippen LogP) is 5.80. The number of hydrogen-bond donors (Lipinski definition) is 0. The number of rotatable bonds is 7. The Morgan fingerprint density at radius 1 is 0.909 bits per heavy atom. The van der Waals surface area contributed by atoms with Crippen molar-refractivity contribution in [2.24, 2.45) is 23.7 Å². The van der Waals surface area contributed by atoms with Crippen molar-refractivity contribution in [3.8, 4) is 0 Å². The molecule has 2 heteroatoms. The standard InChI is InChI=1S/C18H32N.2CH3.Ti/c1-12(2)16-11-17(13(3)4)18(14(5)6)15(16)9-10-19(7)8;;;/h12-14,16H,9-10H2,1-8H3;2*1H3;. The quantitative estimate of drug-likeness (QED) is 0.529. The topological polar surface area (TPSA) is 3.24 Å². The molecule has 0 aromatic heterocycles. The van der Waals surface area contributed by atoms with Crippen LogP contribution in [0.4, 0.5) is 0 Å². The van der Waals surface area contributed by atoms with Gasteiger partial charge in [0.2, 0.25) is 0 Å². The zero-order chi connectivity index (χ0) is 17.2. The number of allylic oxidation sites excluding steroid dienone is 3. The van der Waals surface area contributed by atoms with Crippen molar-refractivity contribution in [3.63, 3.8) is 0 Å². The summed E-state index contributed by atoms with van der Waals surface area (Å²) in [6.07, 6.45) is 1.24. The van der Waals surface area contributed by atoms with Gasteiger partial charge >= 0.3 is 146 Å². The molecule has 22 heavy (non-hydrogen) atoms. The van der Waals surface area contributed by atoms with E-state index in [0.29, 0.717) is 11.8 Å². The van der Waals surface area contributed by atoms with Gasteiger partial charge in [-0.15, -0.1) is 0 Å². The number of hydrogen-bond acceptors (Lipinski definition) is 1.